The summed E-state index contributed by atoms with van der Waals surface area (Å²) >= 11 is 0. The molecule has 1 fully saturated rings. The molecular weight excluding hydrogens is 452 g/mol. The van der Waals surface area contributed by atoms with Gasteiger partial charge in [-0.25, -0.2) is 13.4 Å². The molecule has 0 amide bonds. The highest BCUT2D eigenvalue weighted by Gasteiger charge is 2.31. The molecule has 1 aromatic heterocycles. The standard InChI is InChI=1S/C25H30N4O4S/c1-17-6-8-21(9-7-17)33-25-16-24(26-20(4)27-25)28-12-14-29(15-13-28)34(30,31)23-11-10-22(32-5)18(2)19(23)3/h6-11,16H,12-15H2,1-5H3. The van der Waals surface area contributed by atoms with E-state index < -0.39 is 10.0 Å². The normalized spacial score (nSPS) is 14.8. The van der Waals surface area contributed by atoms with Crippen molar-refractivity contribution in [3.8, 4) is 17.4 Å². The Morgan fingerprint density at radius 1 is 0.853 bits per heavy atom. The van der Waals surface area contributed by atoms with Crippen LogP contribution in [-0.4, -0.2) is 56.0 Å². The third-order valence-electron chi connectivity index (χ3n) is 6.13. The molecule has 0 bridgehead atoms. The number of benzene rings is 2. The number of ether oxygens (including phenoxy) is 2. The van der Waals surface area contributed by atoms with Crippen LogP contribution in [0.2, 0.25) is 0 Å². The summed E-state index contributed by atoms with van der Waals surface area (Å²) < 4.78 is 39.5. The largest absolute Gasteiger partial charge is 0.496 e. The molecule has 2 aromatic carbocycles. The van der Waals surface area contributed by atoms with Gasteiger partial charge in [-0.2, -0.15) is 9.29 Å². The average molecular weight is 483 g/mol. The molecule has 4 rings (SSSR count). The van der Waals surface area contributed by atoms with Crippen LogP contribution in [0.15, 0.2) is 47.4 Å². The minimum Gasteiger partial charge on any atom is -0.496 e. The number of aryl methyl sites for hydroxylation is 2. The van der Waals surface area contributed by atoms with Gasteiger partial charge in [-0.1, -0.05) is 17.7 Å². The molecular formula is C25H30N4O4S. The van der Waals surface area contributed by atoms with E-state index in [-0.39, 0.29) is 0 Å². The van der Waals surface area contributed by atoms with E-state index in [1.807, 2.05) is 52.0 Å². The smallest absolute Gasteiger partial charge is 0.243 e. The topological polar surface area (TPSA) is 84.9 Å². The Labute approximate surface area is 201 Å². The van der Waals surface area contributed by atoms with Gasteiger partial charge in [-0.05, 0) is 63.1 Å². The van der Waals surface area contributed by atoms with Crippen LogP contribution < -0.4 is 14.4 Å². The van der Waals surface area contributed by atoms with E-state index >= 15 is 0 Å². The molecule has 2 heterocycles. The van der Waals surface area contributed by atoms with Crippen LogP contribution in [0.25, 0.3) is 0 Å². The van der Waals surface area contributed by atoms with Gasteiger partial charge in [-0.15, -0.1) is 0 Å². The highest BCUT2D eigenvalue weighted by Crippen LogP contribution is 2.30. The molecule has 8 nitrogen and oxygen atoms in total. The summed E-state index contributed by atoms with van der Waals surface area (Å²) in [6.45, 7) is 9.31. The van der Waals surface area contributed by atoms with Crippen molar-refractivity contribution in [2.75, 3.05) is 38.2 Å². The molecule has 0 N–H and O–H groups in total. The molecule has 0 aliphatic carbocycles. The number of nitrogens with zero attached hydrogens (tertiary/aromatic N) is 4. The van der Waals surface area contributed by atoms with Gasteiger partial charge >= 0.3 is 0 Å². The Morgan fingerprint density at radius 3 is 2.18 bits per heavy atom. The SMILES string of the molecule is COc1ccc(S(=O)(=O)N2CCN(c3cc(Oc4ccc(C)cc4)nc(C)n3)CC2)c(C)c1C. The number of anilines is 1. The lowest BCUT2D eigenvalue weighted by Crippen LogP contribution is -2.49. The van der Waals surface area contributed by atoms with Gasteiger partial charge in [-0.3, -0.25) is 0 Å². The van der Waals surface area contributed by atoms with Crippen molar-refractivity contribution < 1.29 is 17.9 Å². The maximum atomic E-state index is 13.4. The van der Waals surface area contributed by atoms with E-state index in [9.17, 15) is 8.42 Å². The van der Waals surface area contributed by atoms with Gasteiger partial charge in [0.2, 0.25) is 15.9 Å². The van der Waals surface area contributed by atoms with Gasteiger partial charge in [0.05, 0.1) is 12.0 Å². The number of aromatic nitrogens is 2. The zero-order valence-electron chi connectivity index (χ0n) is 20.2. The van der Waals surface area contributed by atoms with Gasteiger partial charge in [0.1, 0.15) is 23.1 Å². The van der Waals surface area contributed by atoms with E-state index in [1.165, 1.54) is 4.31 Å². The highest BCUT2D eigenvalue weighted by atomic mass is 32.2. The highest BCUT2D eigenvalue weighted by molar-refractivity contribution is 7.89. The maximum Gasteiger partial charge on any atom is 0.243 e. The Balaban J connectivity index is 1.49. The fraction of sp³-hybridized carbons (Fsp3) is 0.360. The van der Waals surface area contributed by atoms with Gasteiger partial charge < -0.3 is 14.4 Å². The number of hydrogen-bond donors (Lipinski definition) is 0. The van der Waals surface area contributed by atoms with E-state index in [4.69, 9.17) is 9.47 Å². The summed E-state index contributed by atoms with van der Waals surface area (Å²) in [6, 6.07) is 12.9. The maximum absolute atomic E-state index is 13.4. The van der Waals surface area contributed by atoms with Crippen molar-refractivity contribution >= 4 is 15.8 Å². The Hall–Kier alpha value is -3.17. The molecule has 9 heteroatoms. The zero-order valence-corrected chi connectivity index (χ0v) is 21.0. The van der Waals surface area contributed by atoms with E-state index in [0.717, 1.165) is 16.9 Å². The Bertz CT molecular complexity index is 1290. The molecule has 1 aliphatic rings. The molecule has 1 aliphatic heterocycles. The Kier molecular flexibility index (Phi) is 6.77. The number of methoxy groups -OCH3 is 1. The number of sulfonamides is 1. The van der Waals surface area contributed by atoms with Crippen LogP contribution >= 0.6 is 0 Å². The fourth-order valence-corrected chi connectivity index (χ4v) is 5.74. The zero-order chi connectivity index (χ0) is 24.5. The molecule has 0 radical (unpaired) electrons. The average Bonchev–Trinajstić information content (AvgIpc) is 2.82. The molecule has 0 atom stereocenters. The summed E-state index contributed by atoms with van der Waals surface area (Å²) in [5.74, 6) is 3.17. The molecule has 3 aromatic rings. The van der Waals surface area contributed by atoms with Crippen LogP contribution in [0.4, 0.5) is 5.82 Å². The van der Waals surface area contributed by atoms with Gasteiger partial charge in [0.25, 0.3) is 0 Å². The first-order valence-electron chi connectivity index (χ1n) is 11.2. The van der Waals surface area contributed by atoms with Gasteiger partial charge in [0.15, 0.2) is 0 Å². The molecule has 1 saturated heterocycles. The van der Waals surface area contributed by atoms with Crippen LogP contribution in [0.5, 0.6) is 17.4 Å². The van der Waals surface area contributed by atoms with Crippen molar-refractivity contribution in [1.82, 2.24) is 14.3 Å². The second-order valence-corrected chi connectivity index (χ2v) is 10.3. The molecule has 0 unspecified atom stereocenters. The van der Waals surface area contributed by atoms with Crippen molar-refractivity contribution in [3.63, 3.8) is 0 Å². The minimum atomic E-state index is -3.61. The monoisotopic (exact) mass is 482 g/mol. The first kappa shape index (κ1) is 24.0. The van der Waals surface area contributed by atoms with Crippen molar-refractivity contribution in [2.45, 2.75) is 32.6 Å². The second-order valence-electron chi connectivity index (χ2n) is 8.43. The summed E-state index contributed by atoms with van der Waals surface area (Å²) in [5.41, 5.74) is 2.70. The van der Waals surface area contributed by atoms with Crippen molar-refractivity contribution in [3.05, 3.63) is 65.0 Å². The molecule has 0 saturated carbocycles. The predicted molar refractivity (Wildman–Crippen MR) is 131 cm³/mol. The number of rotatable bonds is 6. The summed E-state index contributed by atoms with van der Waals surface area (Å²) in [7, 11) is -2.03. The lowest BCUT2D eigenvalue weighted by molar-refractivity contribution is 0.382. The lowest BCUT2D eigenvalue weighted by Gasteiger charge is -2.35. The van der Waals surface area contributed by atoms with Crippen LogP contribution in [0.3, 0.4) is 0 Å². The van der Waals surface area contributed by atoms with Crippen LogP contribution in [0, 0.1) is 27.7 Å². The predicted octanol–water partition coefficient (Wildman–Crippen LogP) is 4.02. The fourth-order valence-electron chi connectivity index (χ4n) is 4.03. The first-order valence-corrected chi connectivity index (χ1v) is 12.6. The van der Waals surface area contributed by atoms with E-state index in [2.05, 4.69) is 14.9 Å². The van der Waals surface area contributed by atoms with Crippen LogP contribution in [0.1, 0.15) is 22.5 Å². The van der Waals surface area contributed by atoms with Crippen molar-refractivity contribution in [1.29, 1.82) is 0 Å². The van der Waals surface area contributed by atoms with E-state index in [1.54, 1.807) is 25.3 Å². The molecule has 34 heavy (non-hydrogen) atoms. The Morgan fingerprint density at radius 2 is 1.53 bits per heavy atom. The summed E-state index contributed by atoms with van der Waals surface area (Å²) in [4.78, 5) is 11.3. The van der Waals surface area contributed by atoms with Crippen LogP contribution in [-0.2, 0) is 10.0 Å². The summed E-state index contributed by atoms with van der Waals surface area (Å²) in [5, 5.41) is 0. The number of hydrogen-bond acceptors (Lipinski definition) is 7. The number of piperazine rings is 1. The molecule has 180 valence electrons. The first-order chi connectivity index (χ1) is 16.2. The van der Waals surface area contributed by atoms with Crippen molar-refractivity contribution in [2.24, 2.45) is 0 Å². The van der Waals surface area contributed by atoms with E-state index in [0.29, 0.717) is 59.8 Å². The second kappa shape index (κ2) is 9.60. The third kappa shape index (κ3) is 4.85. The minimum absolute atomic E-state index is 0.325. The quantitative estimate of drug-likeness (QED) is 0.525. The lowest BCUT2D eigenvalue weighted by atomic mass is 10.1. The molecule has 0 spiro atoms. The third-order valence-corrected chi connectivity index (χ3v) is 8.18. The summed E-state index contributed by atoms with van der Waals surface area (Å²) in [6.07, 6.45) is 0. The van der Waals surface area contributed by atoms with Gasteiger partial charge in [0, 0.05) is 32.2 Å².